The Bertz CT molecular complexity index is 283. The van der Waals surface area contributed by atoms with Crippen molar-refractivity contribution in [3.63, 3.8) is 0 Å². The predicted octanol–water partition coefficient (Wildman–Crippen LogP) is 3.85. The molecule has 0 fully saturated rings. The Morgan fingerprint density at radius 3 is 2.67 bits per heavy atom. The van der Waals surface area contributed by atoms with Crippen molar-refractivity contribution < 1.29 is 0 Å². The molecule has 0 saturated heterocycles. The van der Waals surface area contributed by atoms with Gasteiger partial charge < -0.3 is 5.32 Å². The second kappa shape index (κ2) is 6.56. The monoisotopic (exact) mass is 243 g/mol. The molecule has 2 atom stereocenters. The molecule has 0 radical (unpaired) electrons. The van der Waals surface area contributed by atoms with E-state index in [1.165, 1.54) is 21.9 Å². The van der Waals surface area contributed by atoms with Gasteiger partial charge in [0.25, 0.3) is 0 Å². The summed E-state index contributed by atoms with van der Waals surface area (Å²) in [4.78, 5) is 2.85. The van der Waals surface area contributed by atoms with E-state index in [2.05, 4.69) is 44.5 Å². The van der Waals surface area contributed by atoms with Crippen LogP contribution in [0.3, 0.4) is 0 Å². The Hall–Kier alpha value is 0.01000. The van der Waals surface area contributed by atoms with Crippen LogP contribution in [-0.4, -0.2) is 18.1 Å². The van der Waals surface area contributed by atoms with E-state index >= 15 is 0 Å². The summed E-state index contributed by atoms with van der Waals surface area (Å²) in [5.74, 6) is 1.20. The molecule has 1 aromatic rings. The van der Waals surface area contributed by atoms with Gasteiger partial charge in [0.2, 0.25) is 0 Å². The topological polar surface area (TPSA) is 12.0 Å². The van der Waals surface area contributed by atoms with Crippen LogP contribution < -0.4 is 5.32 Å². The maximum atomic E-state index is 3.69. The van der Waals surface area contributed by atoms with Gasteiger partial charge in [0.15, 0.2) is 0 Å². The fourth-order valence-electron chi connectivity index (χ4n) is 1.61. The molecular weight excluding hydrogens is 222 g/mol. The molecule has 0 aliphatic carbocycles. The highest BCUT2D eigenvalue weighted by atomic mass is 32.2. The van der Waals surface area contributed by atoms with Crippen molar-refractivity contribution in [1.82, 2.24) is 5.32 Å². The summed E-state index contributed by atoms with van der Waals surface area (Å²) in [5.41, 5.74) is 0. The first-order chi connectivity index (χ1) is 7.17. The van der Waals surface area contributed by atoms with E-state index in [9.17, 15) is 0 Å². The minimum absolute atomic E-state index is 0.487. The highest BCUT2D eigenvalue weighted by Crippen LogP contribution is 2.23. The summed E-state index contributed by atoms with van der Waals surface area (Å²) in [5, 5.41) is 3.69. The molecule has 0 amide bonds. The highest BCUT2D eigenvalue weighted by Gasteiger charge is 2.12. The van der Waals surface area contributed by atoms with Crippen molar-refractivity contribution in [2.45, 2.75) is 39.3 Å². The van der Waals surface area contributed by atoms with Gasteiger partial charge in [-0.2, -0.15) is 11.8 Å². The van der Waals surface area contributed by atoms with Crippen molar-refractivity contribution in [2.75, 3.05) is 12.0 Å². The van der Waals surface area contributed by atoms with Crippen molar-refractivity contribution in [2.24, 2.45) is 0 Å². The van der Waals surface area contributed by atoms with E-state index in [4.69, 9.17) is 0 Å². The molecule has 0 aromatic carbocycles. The molecular formula is C12H21NS2. The molecule has 0 spiro atoms. The maximum Gasteiger partial charge on any atom is 0.0388 e. The van der Waals surface area contributed by atoms with Crippen LogP contribution >= 0.6 is 23.1 Å². The van der Waals surface area contributed by atoms with Crippen LogP contribution in [0.15, 0.2) is 12.1 Å². The van der Waals surface area contributed by atoms with E-state index in [0.717, 1.165) is 0 Å². The van der Waals surface area contributed by atoms with Gasteiger partial charge >= 0.3 is 0 Å². The summed E-state index contributed by atoms with van der Waals surface area (Å²) in [6.07, 6.45) is 3.37. The van der Waals surface area contributed by atoms with Crippen LogP contribution in [-0.2, 0) is 0 Å². The van der Waals surface area contributed by atoms with Gasteiger partial charge in [0, 0.05) is 27.6 Å². The first-order valence-electron chi connectivity index (χ1n) is 5.48. The Morgan fingerprint density at radius 1 is 1.47 bits per heavy atom. The average Bonchev–Trinajstić information content (AvgIpc) is 2.64. The Labute approximate surface area is 102 Å². The highest BCUT2D eigenvalue weighted by molar-refractivity contribution is 7.98. The number of nitrogens with one attached hydrogen (secondary N) is 1. The summed E-state index contributed by atoms with van der Waals surface area (Å²) >= 11 is 3.81. The molecule has 0 bridgehead atoms. The van der Waals surface area contributed by atoms with Gasteiger partial charge in [-0.05, 0) is 38.7 Å². The largest absolute Gasteiger partial charge is 0.306 e. The van der Waals surface area contributed by atoms with Gasteiger partial charge in [-0.15, -0.1) is 11.3 Å². The third-order valence-corrected chi connectivity index (χ3v) is 4.45. The molecule has 0 aliphatic heterocycles. The lowest BCUT2D eigenvalue weighted by atomic mass is 10.2. The van der Waals surface area contributed by atoms with Gasteiger partial charge in [0.1, 0.15) is 0 Å². The summed E-state index contributed by atoms with van der Waals surface area (Å²) < 4.78 is 0. The van der Waals surface area contributed by atoms with Crippen LogP contribution in [0.4, 0.5) is 0 Å². The fraction of sp³-hybridized carbons (Fsp3) is 0.667. The van der Waals surface area contributed by atoms with Crippen molar-refractivity contribution in [3.05, 3.63) is 21.9 Å². The van der Waals surface area contributed by atoms with Crippen LogP contribution in [0, 0.1) is 6.92 Å². The molecule has 86 valence electrons. The molecule has 15 heavy (non-hydrogen) atoms. The van der Waals surface area contributed by atoms with E-state index in [1.54, 1.807) is 0 Å². The Kier molecular flexibility index (Phi) is 5.72. The Balaban J connectivity index is 2.50. The third kappa shape index (κ3) is 4.17. The molecule has 3 heteroatoms. The van der Waals surface area contributed by atoms with E-state index in [0.29, 0.717) is 12.1 Å². The lowest BCUT2D eigenvalue weighted by Crippen LogP contribution is -2.32. The number of aryl methyl sites for hydroxylation is 1. The van der Waals surface area contributed by atoms with E-state index < -0.39 is 0 Å². The zero-order valence-corrected chi connectivity index (χ0v) is 11.7. The number of thiophene rings is 1. The van der Waals surface area contributed by atoms with Gasteiger partial charge in [-0.3, -0.25) is 0 Å². The first kappa shape index (κ1) is 13.1. The molecule has 0 saturated carbocycles. The van der Waals surface area contributed by atoms with Crippen LogP contribution in [0.2, 0.25) is 0 Å². The molecule has 0 aliphatic rings. The molecule has 1 aromatic heterocycles. The minimum Gasteiger partial charge on any atom is -0.306 e. The lowest BCUT2D eigenvalue weighted by molar-refractivity contribution is 0.479. The summed E-state index contributed by atoms with van der Waals surface area (Å²) in [6.45, 7) is 6.68. The maximum absolute atomic E-state index is 3.69. The minimum atomic E-state index is 0.487. The summed E-state index contributed by atoms with van der Waals surface area (Å²) in [6, 6.07) is 5.56. The zero-order chi connectivity index (χ0) is 11.3. The summed E-state index contributed by atoms with van der Waals surface area (Å²) in [7, 11) is 0. The van der Waals surface area contributed by atoms with Crippen molar-refractivity contribution in [3.8, 4) is 0 Å². The van der Waals surface area contributed by atoms with Crippen LogP contribution in [0.25, 0.3) is 0 Å². The van der Waals surface area contributed by atoms with Crippen LogP contribution in [0.5, 0.6) is 0 Å². The molecule has 1 N–H and O–H groups in total. The second-order valence-corrected chi connectivity index (χ2v) is 6.13. The van der Waals surface area contributed by atoms with Crippen LogP contribution in [0.1, 0.15) is 36.1 Å². The normalized spacial score (nSPS) is 15.2. The van der Waals surface area contributed by atoms with E-state index in [1.807, 2.05) is 23.1 Å². The smallest absolute Gasteiger partial charge is 0.0388 e. The second-order valence-electron chi connectivity index (χ2n) is 3.90. The van der Waals surface area contributed by atoms with Gasteiger partial charge in [-0.25, -0.2) is 0 Å². The third-order valence-electron chi connectivity index (χ3n) is 2.53. The molecule has 2 unspecified atom stereocenters. The fourth-order valence-corrected chi connectivity index (χ4v) is 3.23. The Morgan fingerprint density at radius 2 is 2.20 bits per heavy atom. The first-order valence-corrected chi connectivity index (χ1v) is 7.69. The number of hydrogen-bond donors (Lipinski definition) is 1. The number of thioether (sulfide) groups is 1. The van der Waals surface area contributed by atoms with E-state index in [-0.39, 0.29) is 0 Å². The van der Waals surface area contributed by atoms with Crippen molar-refractivity contribution in [1.29, 1.82) is 0 Å². The molecule has 1 rings (SSSR count). The zero-order valence-electron chi connectivity index (χ0n) is 10.0. The number of rotatable bonds is 6. The quantitative estimate of drug-likeness (QED) is 0.814. The average molecular weight is 243 g/mol. The van der Waals surface area contributed by atoms with Gasteiger partial charge in [0.05, 0.1) is 0 Å². The van der Waals surface area contributed by atoms with Gasteiger partial charge in [-0.1, -0.05) is 6.92 Å². The number of hydrogen-bond acceptors (Lipinski definition) is 3. The van der Waals surface area contributed by atoms with Crippen molar-refractivity contribution >= 4 is 23.1 Å². The SMILES string of the molecule is CCC(CSC)NC(C)c1ccc(C)s1. The standard InChI is InChI=1S/C12H21NS2/c1-5-11(8-14-4)13-10(3)12-7-6-9(2)15-12/h6-7,10-11,13H,5,8H2,1-4H3. The molecule has 1 heterocycles. The molecule has 1 nitrogen and oxygen atoms in total. The predicted molar refractivity (Wildman–Crippen MR) is 73.1 cm³/mol. The lowest BCUT2D eigenvalue weighted by Gasteiger charge is -2.20.